The molecule has 2 unspecified atom stereocenters. The average molecular weight is 311 g/mol. The van der Waals surface area contributed by atoms with Crippen molar-refractivity contribution in [2.45, 2.75) is 66.2 Å². The fourth-order valence-corrected chi connectivity index (χ4v) is 2.65. The minimum atomic E-state index is -1.44. The molecule has 0 amide bonds. The van der Waals surface area contributed by atoms with Crippen LogP contribution in [-0.4, -0.2) is 25.2 Å². The van der Waals surface area contributed by atoms with Crippen molar-refractivity contribution in [2.24, 2.45) is 11.3 Å². The summed E-state index contributed by atoms with van der Waals surface area (Å²) in [6.45, 7) is 7.72. The van der Waals surface area contributed by atoms with Crippen LogP contribution in [0.5, 0.6) is 0 Å². The van der Waals surface area contributed by atoms with Crippen molar-refractivity contribution in [3.63, 3.8) is 0 Å². The van der Waals surface area contributed by atoms with Crippen molar-refractivity contribution in [3.05, 3.63) is 0 Å². The summed E-state index contributed by atoms with van der Waals surface area (Å²) >= 11 is 0. The number of carbonyl (C=O) groups excluding carboxylic acids is 2. The van der Waals surface area contributed by atoms with Gasteiger partial charge in [0.05, 0.1) is 25.2 Å². The Morgan fingerprint density at radius 1 is 1.05 bits per heavy atom. The van der Waals surface area contributed by atoms with Gasteiger partial charge < -0.3 is 9.47 Å². The van der Waals surface area contributed by atoms with Gasteiger partial charge in [0, 0.05) is 0 Å². The van der Waals surface area contributed by atoms with Crippen LogP contribution in [0, 0.1) is 22.7 Å². The topological polar surface area (TPSA) is 76.4 Å². The van der Waals surface area contributed by atoms with E-state index in [9.17, 15) is 14.9 Å². The highest BCUT2D eigenvalue weighted by Gasteiger charge is 2.50. The maximum atomic E-state index is 12.4. The summed E-state index contributed by atoms with van der Waals surface area (Å²) in [4.78, 5) is 24.6. The van der Waals surface area contributed by atoms with Crippen LogP contribution < -0.4 is 0 Å². The van der Waals surface area contributed by atoms with Crippen LogP contribution in [0.2, 0.25) is 0 Å². The molecular formula is C17H29NO4. The molecule has 5 heteroatoms. The van der Waals surface area contributed by atoms with Crippen LogP contribution in [-0.2, 0) is 19.1 Å². The first kappa shape index (κ1) is 20.4. The van der Waals surface area contributed by atoms with Crippen LogP contribution in [0.15, 0.2) is 0 Å². The fourth-order valence-electron chi connectivity index (χ4n) is 2.65. The molecule has 0 aliphatic rings. The molecule has 2 atom stereocenters. The number of carbonyl (C=O) groups is 2. The van der Waals surface area contributed by atoms with Crippen molar-refractivity contribution in [2.75, 3.05) is 13.2 Å². The summed E-state index contributed by atoms with van der Waals surface area (Å²) in [5.74, 6) is -1.87. The first-order valence-electron chi connectivity index (χ1n) is 8.29. The van der Waals surface area contributed by atoms with Gasteiger partial charge >= 0.3 is 11.9 Å². The Balaban J connectivity index is 5.37. The Bertz CT molecular complexity index is 389. The van der Waals surface area contributed by atoms with E-state index in [0.29, 0.717) is 12.8 Å². The number of nitrogens with zero attached hydrogens (tertiary/aromatic N) is 1. The van der Waals surface area contributed by atoms with Gasteiger partial charge in [-0.05, 0) is 26.7 Å². The van der Waals surface area contributed by atoms with E-state index in [2.05, 4.69) is 13.0 Å². The Labute approximate surface area is 134 Å². The van der Waals surface area contributed by atoms with E-state index in [0.717, 1.165) is 25.7 Å². The molecular weight excluding hydrogens is 282 g/mol. The largest absolute Gasteiger partial charge is 0.466 e. The number of rotatable bonds is 11. The van der Waals surface area contributed by atoms with E-state index < -0.39 is 23.3 Å². The lowest BCUT2D eigenvalue weighted by Crippen LogP contribution is -2.43. The molecule has 22 heavy (non-hydrogen) atoms. The number of esters is 2. The van der Waals surface area contributed by atoms with Crippen LogP contribution in [0.3, 0.4) is 0 Å². The molecule has 126 valence electrons. The van der Waals surface area contributed by atoms with Crippen molar-refractivity contribution in [1.29, 1.82) is 5.26 Å². The predicted molar refractivity (Wildman–Crippen MR) is 83.9 cm³/mol. The van der Waals surface area contributed by atoms with Crippen LogP contribution in [0.1, 0.15) is 66.2 Å². The van der Waals surface area contributed by atoms with E-state index in [-0.39, 0.29) is 13.2 Å². The molecule has 0 N–H and O–H groups in total. The smallest absolute Gasteiger partial charge is 0.327 e. The first-order valence-corrected chi connectivity index (χ1v) is 8.29. The van der Waals surface area contributed by atoms with Crippen molar-refractivity contribution < 1.29 is 19.1 Å². The zero-order valence-corrected chi connectivity index (χ0v) is 14.3. The minimum absolute atomic E-state index is 0.191. The van der Waals surface area contributed by atoms with Gasteiger partial charge in [-0.3, -0.25) is 9.59 Å². The van der Waals surface area contributed by atoms with Crippen LogP contribution in [0.4, 0.5) is 0 Å². The third kappa shape index (κ3) is 5.32. The number of hydrogen-bond donors (Lipinski definition) is 0. The molecule has 0 rings (SSSR count). The van der Waals surface area contributed by atoms with Crippen molar-refractivity contribution >= 4 is 11.9 Å². The highest BCUT2D eigenvalue weighted by atomic mass is 16.5. The third-order valence-electron chi connectivity index (χ3n) is 3.84. The molecule has 0 radical (unpaired) electrons. The molecule has 0 aromatic carbocycles. The molecule has 0 fully saturated rings. The predicted octanol–water partition coefficient (Wildman–Crippen LogP) is 3.62. The van der Waals surface area contributed by atoms with Crippen LogP contribution in [0.25, 0.3) is 0 Å². The highest BCUT2D eigenvalue weighted by Crippen LogP contribution is 2.38. The normalized spacial score (nSPS) is 14.5. The maximum absolute atomic E-state index is 12.4. The molecule has 0 aromatic heterocycles. The number of nitriles is 1. The third-order valence-corrected chi connectivity index (χ3v) is 3.84. The quantitative estimate of drug-likeness (QED) is 0.430. The maximum Gasteiger partial charge on any atom is 0.327 e. The Morgan fingerprint density at radius 3 is 2.14 bits per heavy atom. The Kier molecular flexibility index (Phi) is 10.3. The second kappa shape index (κ2) is 11.1. The molecule has 0 saturated heterocycles. The lowest BCUT2D eigenvalue weighted by Gasteiger charge is -2.30. The Hall–Kier alpha value is -1.57. The summed E-state index contributed by atoms with van der Waals surface area (Å²) in [5, 5.41) is 9.69. The van der Waals surface area contributed by atoms with Gasteiger partial charge in [-0.25, -0.2) is 0 Å². The van der Waals surface area contributed by atoms with Gasteiger partial charge in [0.15, 0.2) is 5.41 Å². The first-order chi connectivity index (χ1) is 10.5. The van der Waals surface area contributed by atoms with Gasteiger partial charge in [0.2, 0.25) is 0 Å². The van der Waals surface area contributed by atoms with Crippen LogP contribution >= 0.6 is 0 Å². The summed E-state index contributed by atoms with van der Waals surface area (Å²) in [5.41, 5.74) is -1.44. The zero-order chi connectivity index (χ0) is 17.0. The minimum Gasteiger partial charge on any atom is -0.466 e. The molecule has 0 aromatic rings. The molecule has 0 saturated carbocycles. The van der Waals surface area contributed by atoms with Gasteiger partial charge in [-0.2, -0.15) is 5.26 Å². The Morgan fingerprint density at radius 2 is 1.68 bits per heavy atom. The zero-order valence-electron chi connectivity index (χ0n) is 14.3. The average Bonchev–Trinajstić information content (AvgIpc) is 2.50. The molecule has 0 aliphatic carbocycles. The standard InChI is InChI=1S/C17H29NO4/c1-5-9-10-11-12-17(13-18,16(20)22-8-4)14(6-2)15(19)21-7-3/h14H,5-12H2,1-4H3. The summed E-state index contributed by atoms with van der Waals surface area (Å²) in [7, 11) is 0. The van der Waals surface area contributed by atoms with Gasteiger partial charge in [0.1, 0.15) is 0 Å². The lowest BCUT2D eigenvalue weighted by atomic mass is 9.71. The highest BCUT2D eigenvalue weighted by molar-refractivity contribution is 5.88. The van der Waals surface area contributed by atoms with Crippen molar-refractivity contribution in [1.82, 2.24) is 0 Å². The molecule has 0 bridgehead atoms. The van der Waals surface area contributed by atoms with Gasteiger partial charge in [-0.15, -0.1) is 0 Å². The summed E-state index contributed by atoms with van der Waals surface area (Å²) in [6, 6.07) is 2.09. The number of hydrogen-bond acceptors (Lipinski definition) is 5. The SMILES string of the molecule is CCCCCCC(C#N)(C(=O)OCC)C(CC)C(=O)OCC. The summed E-state index contributed by atoms with van der Waals surface area (Å²) in [6.07, 6.45) is 4.46. The van der Waals surface area contributed by atoms with E-state index in [1.165, 1.54) is 0 Å². The van der Waals surface area contributed by atoms with E-state index in [4.69, 9.17) is 9.47 Å². The lowest BCUT2D eigenvalue weighted by molar-refractivity contribution is -0.166. The summed E-state index contributed by atoms with van der Waals surface area (Å²) < 4.78 is 10.2. The number of unbranched alkanes of at least 4 members (excludes halogenated alkanes) is 3. The van der Waals surface area contributed by atoms with Gasteiger partial charge in [-0.1, -0.05) is 39.5 Å². The molecule has 5 nitrogen and oxygen atoms in total. The van der Waals surface area contributed by atoms with E-state index >= 15 is 0 Å². The van der Waals surface area contributed by atoms with E-state index in [1.807, 2.05) is 0 Å². The second-order valence-corrected chi connectivity index (χ2v) is 5.33. The molecule has 0 heterocycles. The van der Waals surface area contributed by atoms with E-state index in [1.54, 1.807) is 20.8 Å². The molecule has 0 aliphatic heterocycles. The van der Waals surface area contributed by atoms with Gasteiger partial charge in [0.25, 0.3) is 0 Å². The molecule has 0 spiro atoms. The fraction of sp³-hybridized carbons (Fsp3) is 0.824. The number of ether oxygens (including phenoxy) is 2. The monoisotopic (exact) mass is 311 g/mol. The second-order valence-electron chi connectivity index (χ2n) is 5.33. The van der Waals surface area contributed by atoms with Crippen molar-refractivity contribution in [3.8, 4) is 6.07 Å².